The molecule has 4 heteroatoms. The van der Waals surface area contributed by atoms with Gasteiger partial charge >= 0.3 is 5.63 Å². The molecule has 0 aliphatic heterocycles. The Bertz CT molecular complexity index is 1480. The number of rotatable bonds is 2. The number of furan rings is 1. The van der Waals surface area contributed by atoms with E-state index in [0.717, 1.165) is 38.5 Å². The van der Waals surface area contributed by atoms with Crippen LogP contribution in [0.3, 0.4) is 0 Å². The van der Waals surface area contributed by atoms with Gasteiger partial charge in [0, 0.05) is 39.0 Å². The molecular weight excluding hydrogens is 362 g/mol. The smallest absolute Gasteiger partial charge is 0.339 e. The fourth-order valence-electron chi connectivity index (χ4n) is 4.24. The minimum absolute atomic E-state index is 0.300. The summed E-state index contributed by atoms with van der Waals surface area (Å²) < 4.78 is 11.7. The van der Waals surface area contributed by atoms with Crippen molar-refractivity contribution in [2.75, 3.05) is 5.32 Å². The van der Waals surface area contributed by atoms with Crippen molar-refractivity contribution in [1.29, 1.82) is 0 Å². The van der Waals surface area contributed by atoms with E-state index in [1.165, 1.54) is 5.39 Å². The van der Waals surface area contributed by atoms with Crippen LogP contribution >= 0.6 is 0 Å². The molecule has 0 saturated carbocycles. The Labute approximate surface area is 167 Å². The summed E-state index contributed by atoms with van der Waals surface area (Å²) in [6.07, 6.45) is 0. The van der Waals surface area contributed by atoms with Crippen molar-refractivity contribution >= 4 is 44.3 Å². The minimum atomic E-state index is -0.300. The third kappa shape index (κ3) is 2.56. The van der Waals surface area contributed by atoms with Crippen LogP contribution in [0.1, 0.15) is 22.3 Å². The molecule has 0 fully saturated rings. The van der Waals surface area contributed by atoms with Crippen LogP contribution in [0.15, 0.2) is 62.2 Å². The van der Waals surface area contributed by atoms with E-state index >= 15 is 0 Å². The van der Waals surface area contributed by atoms with Crippen molar-refractivity contribution in [3.63, 3.8) is 0 Å². The average molecular weight is 383 g/mol. The second kappa shape index (κ2) is 6.24. The molecule has 2 aromatic heterocycles. The van der Waals surface area contributed by atoms with E-state index < -0.39 is 0 Å². The molecule has 5 aromatic rings. The van der Waals surface area contributed by atoms with Gasteiger partial charge in [0.2, 0.25) is 5.88 Å². The second-order valence-corrected chi connectivity index (χ2v) is 7.60. The molecule has 1 N–H and O–H groups in total. The molecule has 5 rings (SSSR count). The average Bonchev–Trinajstić information content (AvgIpc) is 3.02. The van der Waals surface area contributed by atoms with E-state index in [1.807, 2.05) is 37.3 Å². The van der Waals surface area contributed by atoms with Crippen LogP contribution in [0.5, 0.6) is 0 Å². The molecule has 0 unspecified atom stereocenters. The molecule has 0 aliphatic carbocycles. The number of hydrogen-bond donors (Lipinski definition) is 1. The Hall–Kier alpha value is -3.53. The van der Waals surface area contributed by atoms with Crippen LogP contribution in [0, 0.1) is 27.7 Å². The highest BCUT2D eigenvalue weighted by Gasteiger charge is 2.19. The lowest BCUT2D eigenvalue weighted by Gasteiger charge is -2.09. The third-order valence-corrected chi connectivity index (χ3v) is 5.92. The quantitative estimate of drug-likeness (QED) is 0.346. The Morgan fingerprint density at radius 2 is 1.41 bits per heavy atom. The summed E-state index contributed by atoms with van der Waals surface area (Å²) >= 11 is 0. The summed E-state index contributed by atoms with van der Waals surface area (Å²) in [7, 11) is 0. The van der Waals surface area contributed by atoms with Gasteiger partial charge in [0.1, 0.15) is 11.2 Å². The van der Waals surface area contributed by atoms with Gasteiger partial charge in [-0.3, -0.25) is 0 Å². The molecule has 29 heavy (non-hydrogen) atoms. The minimum Gasteiger partial charge on any atom is -0.440 e. The monoisotopic (exact) mass is 383 g/mol. The van der Waals surface area contributed by atoms with E-state index in [4.69, 9.17) is 8.83 Å². The van der Waals surface area contributed by atoms with E-state index in [2.05, 4.69) is 37.4 Å². The Morgan fingerprint density at radius 3 is 2.24 bits per heavy atom. The van der Waals surface area contributed by atoms with E-state index in [-0.39, 0.29) is 5.63 Å². The molecule has 4 nitrogen and oxygen atoms in total. The van der Waals surface area contributed by atoms with Gasteiger partial charge in [-0.1, -0.05) is 36.4 Å². The first-order valence-electron chi connectivity index (χ1n) is 9.67. The summed E-state index contributed by atoms with van der Waals surface area (Å²) in [6.45, 7) is 7.89. The van der Waals surface area contributed by atoms with Crippen molar-refractivity contribution < 1.29 is 8.83 Å². The third-order valence-electron chi connectivity index (χ3n) is 5.92. The fraction of sp³-hybridized carbons (Fsp3) is 0.160. The largest absolute Gasteiger partial charge is 0.440 e. The zero-order chi connectivity index (χ0) is 20.3. The van der Waals surface area contributed by atoms with Gasteiger partial charge in [-0.05, 0) is 50.3 Å². The van der Waals surface area contributed by atoms with Crippen molar-refractivity contribution in [2.24, 2.45) is 0 Å². The standard InChI is InChI=1S/C25H21NO3/c1-13-14(2)25(27)29-21-12-20-23(15(3)22(13)21)16(4)24(28-20)26-19-11-7-9-17-8-5-6-10-18(17)19/h5-12,26H,1-4H3. The molecule has 0 saturated heterocycles. The highest BCUT2D eigenvalue weighted by atomic mass is 16.4. The lowest BCUT2D eigenvalue weighted by Crippen LogP contribution is -2.06. The Kier molecular flexibility index (Phi) is 3.78. The van der Waals surface area contributed by atoms with Crippen molar-refractivity contribution in [1.82, 2.24) is 0 Å². The summed E-state index contributed by atoms with van der Waals surface area (Å²) in [5.41, 5.74) is 5.67. The summed E-state index contributed by atoms with van der Waals surface area (Å²) in [6, 6.07) is 16.2. The lowest BCUT2D eigenvalue weighted by atomic mass is 9.98. The molecule has 0 amide bonds. The number of nitrogens with one attached hydrogen (secondary N) is 1. The topological polar surface area (TPSA) is 55.4 Å². The number of hydrogen-bond acceptors (Lipinski definition) is 4. The molecule has 0 radical (unpaired) electrons. The van der Waals surface area contributed by atoms with Gasteiger partial charge < -0.3 is 14.2 Å². The molecule has 0 atom stereocenters. The number of aryl methyl sites for hydroxylation is 3. The molecule has 3 aromatic carbocycles. The van der Waals surface area contributed by atoms with Gasteiger partial charge in [-0.2, -0.15) is 0 Å². The maximum atomic E-state index is 12.1. The van der Waals surface area contributed by atoms with Gasteiger partial charge in [0.25, 0.3) is 0 Å². The molecule has 2 heterocycles. The maximum Gasteiger partial charge on any atom is 0.339 e. The number of fused-ring (bicyclic) bond motifs is 3. The predicted octanol–water partition coefficient (Wildman–Crippen LogP) is 6.67. The molecule has 0 aliphatic rings. The van der Waals surface area contributed by atoms with E-state index in [0.29, 0.717) is 22.6 Å². The van der Waals surface area contributed by atoms with Gasteiger partial charge in [-0.15, -0.1) is 0 Å². The van der Waals surface area contributed by atoms with Crippen LogP contribution in [-0.4, -0.2) is 0 Å². The highest BCUT2D eigenvalue weighted by Crippen LogP contribution is 2.39. The SMILES string of the molecule is Cc1c(C)c2c(C)c3c(C)c(Nc4cccc5ccccc45)oc3cc2oc1=O. The zero-order valence-electron chi connectivity index (χ0n) is 16.8. The number of anilines is 2. The van der Waals surface area contributed by atoms with Crippen LogP contribution in [0.25, 0.3) is 32.7 Å². The fourth-order valence-corrected chi connectivity index (χ4v) is 4.24. The lowest BCUT2D eigenvalue weighted by molar-refractivity contribution is 0.552. The zero-order valence-corrected chi connectivity index (χ0v) is 16.8. The van der Waals surface area contributed by atoms with Crippen molar-refractivity contribution in [3.8, 4) is 0 Å². The first kappa shape index (κ1) is 17.6. The van der Waals surface area contributed by atoms with Crippen molar-refractivity contribution in [3.05, 3.63) is 81.2 Å². The second-order valence-electron chi connectivity index (χ2n) is 7.60. The molecule has 0 bridgehead atoms. The Balaban J connectivity index is 1.75. The van der Waals surface area contributed by atoms with Gasteiger partial charge in [0.05, 0.1) is 0 Å². The van der Waals surface area contributed by atoms with E-state index in [1.54, 1.807) is 6.92 Å². The normalized spacial score (nSPS) is 11.6. The van der Waals surface area contributed by atoms with Crippen molar-refractivity contribution in [2.45, 2.75) is 27.7 Å². The summed E-state index contributed by atoms with van der Waals surface area (Å²) in [5, 5.41) is 7.80. The molecular formula is C25H21NO3. The first-order chi connectivity index (χ1) is 14.0. The summed E-state index contributed by atoms with van der Waals surface area (Å²) in [4.78, 5) is 12.1. The van der Waals surface area contributed by atoms with Crippen LogP contribution < -0.4 is 10.9 Å². The Morgan fingerprint density at radius 1 is 0.724 bits per heavy atom. The van der Waals surface area contributed by atoms with Crippen LogP contribution in [-0.2, 0) is 0 Å². The number of benzene rings is 3. The van der Waals surface area contributed by atoms with E-state index in [9.17, 15) is 4.79 Å². The summed E-state index contributed by atoms with van der Waals surface area (Å²) in [5.74, 6) is 0.700. The maximum absolute atomic E-state index is 12.1. The first-order valence-corrected chi connectivity index (χ1v) is 9.67. The van der Waals surface area contributed by atoms with Gasteiger partial charge in [-0.25, -0.2) is 4.79 Å². The highest BCUT2D eigenvalue weighted by molar-refractivity contribution is 6.03. The predicted molar refractivity (Wildman–Crippen MR) is 118 cm³/mol. The molecule has 0 spiro atoms. The van der Waals surface area contributed by atoms with Crippen LogP contribution in [0.2, 0.25) is 0 Å². The van der Waals surface area contributed by atoms with Gasteiger partial charge in [0.15, 0.2) is 0 Å². The van der Waals surface area contributed by atoms with Crippen LogP contribution in [0.4, 0.5) is 11.6 Å². The molecule has 144 valence electrons.